The molecule has 0 saturated carbocycles. The van der Waals surface area contributed by atoms with Crippen molar-refractivity contribution in [3.05, 3.63) is 36.2 Å². The maximum atomic E-state index is 4.18. The molecule has 2 aliphatic rings. The van der Waals surface area contributed by atoms with Crippen molar-refractivity contribution in [2.45, 2.75) is 6.42 Å². The van der Waals surface area contributed by atoms with E-state index < -0.39 is 0 Å². The van der Waals surface area contributed by atoms with Crippen LogP contribution in [0.4, 0.5) is 0 Å². The van der Waals surface area contributed by atoms with Crippen LogP contribution in [0.3, 0.4) is 0 Å². The van der Waals surface area contributed by atoms with Crippen LogP contribution in [-0.4, -0.2) is 18.1 Å². The zero-order valence-electron chi connectivity index (χ0n) is 8.11. The Labute approximate surface area is 84.1 Å². The molecule has 72 valence electrons. The number of fused-ring (bicyclic) bond motifs is 2. The monoisotopic (exact) mass is 186 g/mol. The summed E-state index contributed by atoms with van der Waals surface area (Å²) in [6, 6.07) is 4.19. The lowest BCUT2D eigenvalue weighted by Crippen LogP contribution is -2.31. The number of pyridine rings is 1. The second kappa shape index (κ2) is 3.21. The fourth-order valence-corrected chi connectivity index (χ4v) is 2.59. The second-order valence-corrected chi connectivity index (χ2v) is 4.21. The van der Waals surface area contributed by atoms with Gasteiger partial charge in [0, 0.05) is 25.5 Å². The van der Waals surface area contributed by atoms with E-state index in [2.05, 4.69) is 22.4 Å². The first kappa shape index (κ1) is 8.18. The first-order valence-corrected chi connectivity index (χ1v) is 5.26. The predicted molar refractivity (Wildman–Crippen MR) is 56.7 cm³/mol. The van der Waals surface area contributed by atoms with Crippen molar-refractivity contribution >= 4 is 5.57 Å². The lowest BCUT2D eigenvalue weighted by Gasteiger charge is -2.21. The summed E-state index contributed by atoms with van der Waals surface area (Å²) in [7, 11) is 0. The smallest absolute Gasteiger partial charge is 0.0343 e. The van der Waals surface area contributed by atoms with Crippen molar-refractivity contribution in [1.82, 2.24) is 10.3 Å². The van der Waals surface area contributed by atoms with Gasteiger partial charge < -0.3 is 5.32 Å². The second-order valence-electron chi connectivity index (χ2n) is 4.21. The minimum absolute atomic E-state index is 0.720. The van der Waals surface area contributed by atoms with Gasteiger partial charge in [0.15, 0.2) is 0 Å². The molecular formula is C12H14N2. The molecule has 1 aliphatic heterocycles. The molecule has 2 nitrogen and oxygen atoms in total. The summed E-state index contributed by atoms with van der Waals surface area (Å²) >= 11 is 0. The van der Waals surface area contributed by atoms with Gasteiger partial charge in [0.05, 0.1) is 0 Å². The summed E-state index contributed by atoms with van der Waals surface area (Å²) in [6.07, 6.45) is 7.58. The third kappa shape index (κ3) is 1.26. The predicted octanol–water partition coefficient (Wildman–Crippen LogP) is 1.70. The van der Waals surface area contributed by atoms with E-state index in [9.17, 15) is 0 Å². The van der Waals surface area contributed by atoms with Gasteiger partial charge in [0.1, 0.15) is 0 Å². The summed E-state index contributed by atoms with van der Waals surface area (Å²) in [5, 5.41) is 3.47. The molecule has 2 bridgehead atoms. The van der Waals surface area contributed by atoms with Crippen LogP contribution in [0.2, 0.25) is 0 Å². The average molecular weight is 186 g/mol. The van der Waals surface area contributed by atoms with Crippen LogP contribution in [-0.2, 0) is 0 Å². The molecule has 14 heavy (non-hydrogen) atoms. The summed E-state index contributed by atoms with van der Waals surface area (Å²) < 4.78 is 0. The van der Waals surface area contributed by atoms with Gasteiger partial charge in [-0.05, 0) is 35.5 Å². The van der Waals surface area contributed by atoms with Gasteiger partial charge in [0.2, 0.25) is 0 Å². The van der Waals surface area contributed by atoms with Gasteiger partial charge in [-0.1, -0.05) is 12.1 Å². The molecule has 1 N–H and O–H groups in total. The van der Waals surface area contributed by atoms with Crippen LogP contribution in [0.25, 0.3) is 5.57 Å². The minimum Gasteiger partial charge on any atom is -0.316 e. The number of nitrogens with one attached hydrogen (secondary N) is 1. The highest BCUT2D eigenvalue weighted by Crippen LogP contribution is 2.38. The maximum Gasteiger partial charge on any atom is 0.0343 e. The fourth-order valence-electron chi connectivity index (χ4n) is 2.59. The van der Waals surface area contributed by atoms with Gasteiger partial charge in [-0.15, -0.1) is 0 Å². The van der Waals surface area contributed by atoms with Crippen molar-refractivity contribution in [3.8, 4) is 0 Å². The first-order valence-electron chi connectivity index (χ1n) is 5.26. The topological polar surface area (TPSA) is 24.9 Å². The molecule has 1 aromatic rings. The SMILES string of the molecule is C1=C(c2cccnc2)C2CNCC1C2. The van der Waals surface area contributed by atoms with Gasteiger partial charge in [0.25, 0.3) is 0 Å². The van der Waals surface area contributed by atoms with Crippen LogP contribution in [0.15, 0.2) is 30.6 Å². The Kier molecular flexibility index (Phi) is 1.88. The minimum atomic E-state index is 0.720. The standard InChI is InChI=1S/C12H14N2/c1-2-10(7-13-3-1)12-5-9-4-11(12)8-14-6-9/h1-3,5,7,9,11,14H,4,6,8H2. The molecule has 0 aromatic carbocycles. The molecule has 2 heterocycles. The molecule has 1 aliphatic carbocycles. The molecule has 1 saturated heterocycles. The van der Waals surface area contributed by atoms with Gasteiger partial charge >= 0.3 is 0 Å². The van der Waals surface area contributed by atoms with Gasteiger partial charge in [-0.3, -0.25) is 4.98 Å². The van der Waals surface area contributed by atoms with Crippen LogP contribution in [0.1, 0.15) is 12.0 Å². The van der Waals surface area contributed by atoms with Gasteiger partial charge in [-0.2, -0.15) is 0 Å². The summed E-state index contributed by atoms with van der Waals surface area (Å²) in [5.74, 6) is 1.47. The molecule has 2 atom stereocenters. The van der Waals surface area contributed by atoms with Crippen LogP contribution in [0, 0.1) is 11.8 Å². The Morgan fingerprint density at radius 2 is 2.36 bits per heavy atom. The van der Waals surface area contributed by atoms with Crippen molar-refractivity contribution in [1.29, 1.82) is 0 Å². The molecule has 1 fully saturated rings. The highest BCUT2D eigenvalue weighted by molar-refractivity contribution is 5.69. The summed E-state index contributed by atoms with van der Waals surface area (Å²) in [6.45, 7) is 2.29. The third-order valence-electron chi connectivity index (χ3n) is 3.23. The summed E-state index contributed by atoms with van der Waals surface area (Å²) in [4.78, 5) is 4.18. The van der Waals surface area contributed by atoms with Crippen molar-refractivity contribution in [2.75, 3.05) is 13.1 Å². The lowest BCUT2D eigenvalue weighted by atomic mass is 9.93. The molecule has 0 spiro atoms. The Hall–Kier alpha value is -1.15. The van der Waals surface area contributed by atoms with E-state index in [1.54, 1.807) is 0 Å². The molecule has 0 amide bonds. The van der Waals surface area contributed by atoms with E-state index in [4.69, 9.17) is 0 Å². The van der Waals surface area contributed by atoms with Crippen molar-refractivity contribution < 1.29 is 0 Å². The highest BCUT2D eigenvalue weighted by Gasteiger charge is 2.30. The Bertz CT molecular complexity index is 356. The van der Waals surface area contributed by atoms with E-state index in [1.807, 2.05) is 18.5 Å². The average Bonchev–Trinajstić information content (AvgIpc) is 2.55. The Balaban J connectivity index is 1.96. The zero-order chi connectivity index (χ0) is 9.38. The van der Waals surface area contributed by atoms with E-state index in [0.29, 0.717) is 0 Å². The molecule has 0 radical (unpaired) electrons. The number of hydrogen-bond donors (Lipinski definition) is 1. The van der Waals surface area contributed by atoms with Crippen LogP contribution in [0.5, 0.6) is 0 Å². The lowest BCUT2D eigenvalue weighted by molar-refractivity contribution is 0.407. The Morgan fingerprint density at radius 1 is 1.36 bits per heavy atom. The maximum absolute atomic E-state index is 4.18. The van der Waals surface area contributed by atoms with E-state index >= 15 is 0 Å². The zero-order valence-corrected chi connectivity index (χ0v) is 8.11. The van der Waals surface area contributed by atoms with E-state index in [-0.39, 0.29) is 0 Å². The number of rotatable bonds is 1. The normalized spacial score (nSPS) is 30.1. The molecule has 3 rings (SSSR count). The summed E-state index contributed by atoms with van der Waals surface area (Å²) in [5.41, 5.74) is 2.82. The largest absolute Gasteiger partial charge is 0.316 e. The highest BCUT2D eigenvalue weighted by atomic mass is 14.9. The number of piperidine rings is 1. The first-order chi connectivity index (χ1) is 6.93. The van der Waals surface area contributed by atoms with Crippen molar-refractivity contribution in [2.24, 2.45) is 11.8 Å². The number of nitrogens with zero attached hydrogens (tertiary/aromatic N) is 1. The quantitative estimate of drug-likeness (QED) is 0.722. The third-order valence-corrected chi connectivity index (χ3v) is 3.23. The molecule has 2 unspecified atom stereocenters. The number of aromatic nitrogens is 1. The Morgan fingerprint density at radius 3 is 3.14 bits per heavy atom. The molecule has 1 aromatic heterocycles. The van der Waals surface area contributed by atoms with Crippen LogP contribution < -0.4 is 5.32 Å². The van der Waals surface area contributed by atoms with Crippen LogP contribution >= 0.6 is 0 Å². The number of hydrogen-bond acceptors (Lipinski definition) is 2. The molecule has 2 heteroatoms. The van der Waals surface area contributed by atoms with E-state index in [1.165, 1.54) is 17.6 Å². The van der Waals surface area contributed by atoms with Crippen molar-refractivity contribution in [3.63, 3.8) is 0 Å². The molecular weight excluding hydrogens is 172 g/mol. The van der Waals surface area contributed by atoms with E-state index in [0.717, 1.165) is 24.9 Å². The fraction of sp³-hybridized carbons (Fsp3) is 0.417. The van der Waals surface area contributed by atoms with Gasteiger partial charge in [-0.25, -0.2) is 0 Å².